The van der Waals surface area contributed by atoms with Gasteiger partial charge in [0, 0.05) is 37.7 Å². The van der Waals surface area contributed by atoms with E-state index in [4.69, 9.17) is 5.11 Å². The molecule has 1 aromatic heterocycles. The first-order valence-corrected chi connectivity index (χ1v) is 6.68. The second-order valence-electron chi connectivity index (χ2n) is 4.93. The van der Waals surface area contributed by atoms with Gasteiger partial charge in [0.15, 0.2) is 0 Å². The van der Waals surface area contributed by atoms with Crippen LogP contribution in [0.5, 0.6) is 0 Å². The number of hydrogen-bond acceptors (Lipinski definition) is 3. The molecule has 0 bridgehead atoms. The second kappa shape index (κ2) is 6.70. The van der Waals surface area contributed by atoms with Crippen LogP contribution in [0, 0.1) is 6.92 Å². The molecular formula is C17H18N2O2. The Labute approximate surface area is 124 Å². The monoisotopic (exact) mass is 282 g/mol. The van der Waals surface area contributed by atoms with Crippen molar-refractivity contribution in [2.75, 3.05) is 11.9 Å². The van der Waals surface area contributed by atoms with E-state index in [1.54, 1.807) is 12.3 Å². The van der Waals surface area contributed by atoms with Crippen LogP contribution in [-0.4, -0.2) is 23.1 Å². The molecular weight excluding hydrogens is 264 g/mol. The van der Waals surface area contributed by atoms with Gasteiger partial charge in [0.1, 0.15) is 0 Å². The Morgan fingerprint density at radius 2 is 2.19 bits per heavy atom. The van der Waals surface area contributed by atoms with Gasteiger partial charge in [0.05, 0.1) is 0 Å². The normalized spacial score (nSPS) is 10.8. The second-order valence-corrected chi connectivity index (χ2v) is 4.93. The Bertz CT molecular complexity index is 651. The van der Waals surface area contributed by atoms with E-state index in [9.17, 15) is 4.79 Å². The van der Waals surface area contributed by atoms with E-state index < -0.39 is 5.97 Å². The molecule has 0 aliphatic heterocycles. The summed E-state index contributed by atoms with van der Waals surface area (Å²) in [5.74, 6) is -0.938. The zero-order chi connectivity index (χ0) is 15.2. The third-order valence-electron chi connectivity index (χ3n) is 3.24. The van der Waals surface area contributed by atoms with Crippen molar-refractivity contribution in [3.05, 3.63) is 65.5 Å². The molecule has 4 nitrogen and oxygen atoms in total. The molecule has 4 heteroatoms. The largest absolute Gasteiger partial charge is 0.478 e. The van der Waals surface area contributed by atoms with Gasteiger partial charge in [-0.1, -0.05) is 12.1 Å². The summed E-state index contributed by atoms with van der Waals surface area (Å²) in [6, 6.07) is 9.95. The number of nitrogens with zero attached hydrogens (tertiary/aromatic N) is 2. The minimum absolute atomic E-state index is 0.775. The highest BCUT2D eigenvalue weighted by atomic mass is 16.4. The molecule has 0 spiro atoms. The van der Waals surface area contributed by atoms with Gasteiger partial charge in [-0.05, 0) is 47.9 Å². The minimum Gasteiger partial charge on any atom is -0.478 e. The van der Waals surface area contributed by atoms with E-state index in [-0.39, 0.29) is 0 Å². The highest BCUT2D eigenvalue weighted by molar-refractivity contribution is 5.85. The van der Waals surface area contributed by atoms with E-state index in [1.807, 2.05) is 44.4 Å². The van der Waals surface area contributed by atoms with Crippen LogP contribution in [0.2, 0.25) is 0 Å². The van der Waals surface area contributed by atoms with E-state index >= 15 is 0 Å². The first-order chi connectivity index (χ1) is 10.1. The molecule has 0 aliphatic carbocycles. The fourth-order valence-electron chi connectivity index (χ4n) is 2.10. The number of aliphatic carboxylic acids is 1. The van der Waals surface area contributed by atoms with Crippen LogP contribution in [-0.2, 0) is 11.3 Å². The lowest BCUT2D eigenvalue weighted by molar-refractivity contribution is -0.131. The summed E-state index contributed by atoms with van der Waals surface area (Å²) in [7, 11) is 2.02. The molecule has 0 unspecified atom stereocenters. The van der Waals surface area contributed by atoms with E-state index in [0.717, 1.165) is 35.0 Å². The Morgan fingerprint density at radius 1 is 1.38 bits per heavy atom. The van der Waals surface area contributed by atoms with Crippen molar-refractivity contribution < 1.29 is 9.90 Å². The average Bonchev–Trinajstić information content (AvgIpc) is 2.46. The molecule has 0 radical (unpaired) electrons. The lowest BCUT2D eigenvalue weighted by Gasteiger charge is -2.20. The fraction of sp³-hybridized carbons (Fsp3) is 0.176. The maximum Gasteiger partial charge on any atom is 0.328 e. The Balaban J connectivity index is 2.14. The molecule has 0 fully saturated rings. The maximum absolute atomic E-state index is 10.6. The zero-order valence-corrected chi connectivity index (χ0v) is 12.2. The first kappa shape index (κ1) is 14.8. The molecule has 0 amide bonds. The molecule has 21 heavy (non-hydrogen) atoms. The highest BCUT2D eigenvalue weighted by Crippen LogP contribution is 2.20. The Hall–Kier alpha value is -2.62. The molecule has 108 valence electrons. The van der Waals surface area contributed by atoms with E-state index in [1.165, 1.54) is 0 Å². The number of pyridine rings is 1. The summed E-state index contributed by atoms with van der Waals surface area (Å²) in [6.45, 7) is 2.75. The number of rotatable bonds is 5. The van der Waals surface area contributed by atoms with E-state index in [0.29, 0.717) is 0 Å². The van der Waals surface area contributed by atoms with Gasteiger partial charge in [0.25, 0.3) is 0 Å². The van der Waals surface area contributed by atoms with Gasteiger partial charge in [0.2, 0.25) is 0 Å². The zero-order valence-electron chi connectivity index (χ0n) is 12.2. The van der Waals surface area contributed by atoms with Crippen LogP contribution in [0.25, 0.3) is 6.08 Å². The summed E-state index contributed by atoms with van der Waals surface area (Å²) in [5.41, 5.74) is 4.19. The number of carboxylic acids is 1. The van der Waals surface area contributed by atoms with Crippen LogP contribution in [0.4, 0.5) is 5.69 Å². The van der Waals surface area contributed by atoms with Crippen LogP contribution in [0.3, 0.4) is 0 Å². The Morgan fingerprint density at radius 3 is 2.81 bits per heavy atom. The molecule has 1 N–H and O–H groups in total. The first-order valence-electron chi connectivity index (χ1n) is 6.68. The summed E-state index contributed by atoms with van der Waals surface area (Å²) in [5, 5.41) is 8.67. The topological polar surface area (TPSA) is 53.4 Å². The average molecular weight is 282 g/mol. The van der Waals surface area contributed by atoms with Crippen LogP contribution < -0.4 is 4.90 Å². The maximum atomic E-state index is 10.6. The lowest BCUT2D eigenvalue weighted by atomic mass is 10.1. The van der Waals surface area contributed by atoms with Crippen molar-refractivity contribution in [2.24, 2.45) is 0 Å². The molecule has 0 saturated heterocycles. The summed E-state index contributed by atoms with van der Waals surface area (Å²) in [6.07, 6.45) is 6.38. The standard InChI is InChI=1S/C17H18N2O2/c1-13-10-16(7-5-15(13)6-8-17(20)21)19(2)12-14-4-3-9-18-11-14/h3-11H,12H2,1-2H3,(H,20,21). The van der Waals surface area contributed by atoms with E-state index in [2.05, 4.69) is 16.0 Å². The summed E-state index contributed by atoms with van der Waals surface area (Å²) in [4.78, 5) is 16.8. The van der Waals surface area contributed by atoms with Gasteiger partial charge in [-0.3, -0.25) is 4.98 Å². The summed E-state index contributed by atoms with van der Waals surface area (Å²) < 4.78 is 0. The quantitative estimate of drug-likeness (QED) is 0.856. The predicted octanol–water partition coefficient (Wildman–Crippen LogP) is 3.12. The third kappa shape index (κ3) is 4.18. The SMILES string of the molecule is Cc1cc(N(C)Cc2cccnc2)ccc1C=CC(=O)O. The van der Waals surface area contributed by atoms with Crippen molar-refractivity contribution >= 4 is 17.7 Å². The van der Waals surface area contributed by atoms with Gasteiger partial charge in [-0.15, -0.1) is 0 Å². The minimum atomic E-state index is -0.938. The van der Waals surface area contributed by atoms with Crippen molar-refractivity contribution in [2.45, 2.75) is 13.5 Å². The van der Waals surface area contributed by atoms with Gasteiger partial charge < -0.3 is 10.0 Å². The number of anilines is 1. The molecule has 1 aromatic carbocycles. The predicted molar refractivity (Wildman–Crippen MR) is 84.2 cm³/mol. The number of hydrogen-bond donors (Lipinski definition) is 1. The van der Waals surface area contributed by atoms with Gasteiger partial charge >= 0.3 is 5.97 Å². The fourth-order valence-corrected chi connectivity index (χ4v) is 2.10. The van der Waals surface area contributed by atoms with Crippen molar-refractivity contribution in [3.63, 3.8) is 0 Å². The van der Waals surface area contributed by atoms with Crippen molar-refractivity contribution in [1.29, 1.82) is 0 Å². The molecule has 0 aliphatic rings. The molecule has 1 heterocycles. The third-order valence-corrected chi connectivity index (χ3v) is 3.24. The van der Waals surface area contributed by atoms with Gasteiger partial charge in [-0.25, -0.2) is 4.79 Å². The number of aryl methyl sites for hydroxylation is 1. The number of carbonyl (C=O) groups is 1. The molecule has 2 aromatic rings. The number of carboxylic acid groups (broad SMARTS) is 1. The van der Waals surface area contributed by atoms with Gasteiger partial charge in [-0.2, -0.15) is 0 Å². The van der Waals surface area contributed by atoms with Crippen molar-refractivity contribution in [1.82, 2.24) is 4.98 Å². The number of benzene rings is 1. The van der Waals surface area contributed by atoms with Crippen LogP contribution in [0.15, 0.2) is 48.8 Å². The Kier molecular flexibility index (Phi) is 4.72. The summed E-state index contributed by atoms with van der Waals surface area (Å²) >= 11 is 0. The van der Waals surface area contributed by atoms with Crippen LogP contribution in [0.1, 0.15) is 16.7 Å². The molecule has 2 rings (SSSR count). The number of aromatic nitrogens is 1. The lowest BCUT2D eigenvalue weighted by Crippen LogP contribution is -2.16. The molecule has 0 saturated carbocycles. The van der Waals surface area contributed by atoms with Crippen molar-refractivity contribution in [3.8, 4) is 0 Å². The molecule has 0 atom stereocenters. The highest BCUT2D eigenvalue weighted by Gasteiger charge is 2.04. The van der Waals surface area contributed by atoms with Crippen LogP contribution >= 0.6 is 0 Å². The smallest absolute Gasteiger partial charge is 0.328 e.